The summed E-state index contributed by atoms with van der Waals surface area (Å²) in [7, 11) is 0. The number of hydrogen-bond donors (Lipinski definition) is 1. The van der Waals surface area contributed by atoms with Crippen molar-refractivity contribution in [1.29, 1.82) is 0 Å². The highest BCUT2D eigenvalue weighted by Crippen LogP contribution is 2.38. The van der Waals surface area contributed by atoms with Crippen LogP contribution in [0.4, 0.5) is 5.69 Å². The van der Waals surface area contributed by atoms with Crippen LogP contribution in [-0.2, 0) is 11.2 Å². The van der Waals surface area contributed by atoms with Crippen molar-refractivity contribution in [2.45, 2.75) is 18.7 Å². The van der Waals surface area contributed by atoms with Crippen molar-refractivity contribution in [3.63, 3.8) is 0 Å². The molecule has 1 saturated heterocycles. The van der Waals surface area contributed by atoms with Crippen LogP contribution in [0.3, 0.4) is 0 Å². The van der Waals surface area contributed by atoms with Gasteiger partial charge in [0.15, 0.2) is 0 Å². The van der Waals surface area contributed by atoms with Gasteiger partial charge in [0.25, 0.3) is 5.91 Å². The van der Waals surface area contributed by atoms with Gasteiger partial charge in [0, 0.05) is 22.8 Å². The molecule has 1 fully saturated rings. The minimum absolute atomic E-state index is 0.0239. The molecule has 0 aliphatic carbocycles. The SMILES string of the molecule is Cc1ccc(NC(=O)c2ccc([C@@H]3SCC(=O)N3CCc3ccccc3)cc2)cc1Cl. The second-order valence-corrected chi connectivity index (χ2v) is 9.00. The fourth-order valence-electron chi connectivity index (χ4n) is 3.54. The van der Waals surface area contributed by atoms with E-state index in [0.29, 0.717) is 28.6 Å². The van der Waals surface area contributed by atoms with Gasteiger partial charge < -0.3 is 10.2 Å². The third-order valence-corrected chi connectivity index (χ3v) is 7.00. The highest BCUT2D eigenvalue weighted by Gasteiger charge is 2.32. The van der Waals surface area contributed by atoms with E-state index in [2.05, 4.69) is 17.4 Å². The Bertz CT molecular complexity index is 1090. The topological polar surface area (TPSA) is 49.4 Å². The van der Waals surface area contributed by atoms with E-state index in [9.17, 15) is 9.59 Å². The maximum absolute atomic E-state index is 12.6. The van der Waals surface area contributed by atoms with Crippen molar-refractivity contribution < 1.29 is 9.59 Å². The van der Waals surface area contributed by atoms with E-state index in [0.717, 1.165) is 17.5 Å². The molecule has 4 rings (SSSR count). The Morgan fingerprint density at radius 2 is 1.84 bits per heavy atom. The molecule has 0 radical (unpaired) electrons. The van der Waals surface area contributed by atoms with Crippen LogP contribution in [0.1, 0.15) is 32.4 Å². The van der Waals surface area contributed by atoms with E-state index in [1.54, 1.807) is 30.0 Å². The summed E-state index contributed by atoms with van der Waals surface area (Å²) in [4.78, 5) is 27.0. The van der Waals surface area contributed by atoms with Crippen molar-refractivity contribution in [2.24, 2.45) is 0 Å². The number of thioether (sulfide) groups is 1. The zero-order valence-electron chi connectivity index (χ0n) is 17.2. The van der Waals surface area contributed by atoms with Crippen LogP contribution in [0.15, 0.2) is 72.8 Å². The molecular formula is C25H23ClN2O2S. The van der Waals surface area contributed by atoms with Crippen LogP contribution in [-0.4, -0.2) is 29.0 Å². The summed E-state index contributed by atoms with van der Waals surface area (Å²) in [5.41, 5.74) is 4.43. The first-order chi connectivity index (χ1) is 15.0. The largest absolute Gasteiger partial charge is 0.326 e. The van der Waals surface area contributed by atoms with E-state index < -0.39 is 0 Å². The molecule has 0 saturated carbocycles. The molecule has 31 heavy (non-hydrogen) atoms. The average Bonchev–Trinajstić information content (AvgIpc) is 3.16. The number of carbonyl (C=O) groups is 2. The molecule has 1 heterocycles. The van der Waals surface area contributed by atoms with E-state index in [-0.39, 0.29) is 17.2 Å². The lowest BCUT2D eigenvalue weighted by atomic mass is 10.1. The zero-order valence-corrected chi connectivity index (χ0v) is 18.7. The molecule has 0 unspecified atom stereocenters. The van der Waals surface area contributed by atoms with Gasteiger partial charge in [-0.3, -0.25) is 9.59 Å². The Balaban J connectivity index is 1.43. The number of carbonyl (C=O) groups excluding carboxylic acids is 2. The number of rotatable bonds is 6. The van der Waals surface area contributed by atoms with E-state index in [4.69, 9.17) is 11.6 Å². The molecule has 0 spiro atoms. The molecule has 2 amide bonds. The summed E-state index contributed by atoms with van der Waals surface area (Å²) in [5, 5.41) is 3.47. The summed E-state index contributed by atoms with van der Waals surface area (Å²) in [6, 6.07) is 23.1. The maximum Gasteiger partial charge on any atom is 0.255 e. The predicted molar refractivity (Wildman–Crippen MR) is 128 cm³/mol. The van der Waals surface area contributed by atoms with Crippen LogP contribution < -0.4 is 5.32 Å². The van der Waals surface area contributed by atoms with Crippen LogP contribution in [0.25, 0.3) is 0 Å². The van der Waals surface area contributed by atoms with Gasteiger partial charge in [0.05, 0.1) is 5.75 Å². The first-order valence-corrected chi connectivity index (χ1v) is 11.6. The third-order valence-electron chi connectivity index (χ3n) is 5.34. The first-order valence-electron chi connectivity index (χ1n) is 10.1. The summed E-state index contributed by atoms with van der Waals surface area (Å²) in [6.07, 6.45) is 0.823. The summed E-state index contributed by atoms with van der Waals surface area (Å²) in [6.45, 7) is 2.60. The number of aryl methyl sites for hydroxylation is 1. The Morgan fingerprint density at radius 1 is 1.10 bits per heavy atom. The predicted octanol–water partition coefficient (Wildman–Crippen LogP) is 5.72. The lowest BCUT2D eigenvalue weighted by molar-refractivity contribution is -0.128. The minimum Gasteiger partial charge on any atom is -0.326 e. The van der Waals surface area contributed by atoms with Crippen LogP contribution in [0.5, 0.6) is 0 Å². The van der Waals surface area contributed by atoms with Gasteiger partial charge in [0.2, 0.25) is 5.91 Å². The molecule has 0 aromatic heterocycles. The van der Waals surface area contributed by atoms with Crippen molar-refractivity contribution in [1.82, 2.24) is 4.90 Å². The molecule has 3 aromatic carbocycles. The zero-order chi connectivity index (χ0) is 21.8. The molecule has 6 heteroatoms. The van der Waals surface area contributed by atoms with Gasteiger partial charge in [-0.05, 0) is 54.3 Å². The molecule has 158 valence electrons. The quantitative estimate of drug-likeness (QED) is 0.522. The highest BCUT2D eigenvalue weighted by molar-refractivity contribution is 8.00. The molecule has 1 atom stereocenters. The number of halogens is 1. The molecule has 1 aliphatic rings. The van der Waals surface area contributed by atoms with Gasteiger partial charge >= 0.3 is 0 Å². The second kappa shape index (κ2) is 9.58. The van der Waals surface area contributed by atoms with Crippen LogP contribution in [0.2, 0.25) is 5.02 Å². The minimum atomic E-state index is -0.192. The fourth-order valence-corrected chi connectivity index (χ4v) is 4.94. The number of nitrogens with zero attached hydrogens (tertiary/aromatic N) is 1. The van der Waals surface area contributed by atoms with Crippen molar-refractivity contribution >= 4 is 40.9 Å². The Morgan fingerprint density at radius 3 is 2.55 bits per heavy atom. The maximum atomic E-state index is 12.6. The summed E-state index contributed by atoms with van der Waals surface area (Å²) >= 11 is 7.77. The van der Waals surface area contributed by atoms with Crippen LogP contribution >= 0.6 is 23.4 Å². The lowest BCUT2D eigenvalue weighted by Crippen LogP contribution is -2.30. The number of anilines is 1. The van der Waals surface area contributed by atoms with E-state index in [1.807, 2.05) is 54.3 Å². The van der Waals surface area contributed by atoms with E-state index >= 15 is 0 Å². The number of hydrogen-bond acceptors (Lipinski definition) is 3. The monoisotopic (exact) mass is 450 g/mol. The fraction of sp³-hybridized carbons (Fsp3) is 0.200. The van der Waals surface area contributed by atoms with Crippen molar-refractivity contribution in [3.8, 4) is 0 Å². The Kier molecular flexibility index (Phi) is 6.64. The van der Waals surface area contributed by atoms with Gasteiger partial charge in [-0.2, -0.15) is 0 Å². The van der Waals surface area contributed by atoms with Gasteiger partial charge in [0.1, 0.15) is 5.37 Å². The summed E-state index contributed by atoms with van der Waals surface area (Å²) in [5.74, 6) is 0.446. The van der Waals surface area contributed by atoms with Gasteiger partial charge in [-0.1, -0.05) is 60.1 Å². The number of nitrogens with one attached hydrogen (secondary N) is 1. The molecule has 0 bridgehead atoms. The van der Waals surface area contributed by atoms with Crippen LogP contribution in [0, 0.1) is 6.92 Å². The third kappa shape index (κ3) is 5.12. The molecule has 1 aliphatic heterocycles. The van der Waals surface area contributed by atoms with Crippen molar-refractivity contribution in [2.75, 3.05) is 17.6 Å². The average molecular weight is 451 g/mol. The number of amides is 2. The molecule has 3 aromatic rings. The number of benzene rings is 3. The lowest BCUT2D eigenvalue weighted by Gasteiger charge is -2.24. The van der Waals surface area contributed by atoms with Gasteiger partial charge in [-0.25, -0.2) is 0 Å². The van der Waals surface area contributed by atoms with Crippen molar-refractivity contribution in [3.05, 3.63) is 100 Å². The normalized spacial score (nSPS) is 15.9. The van der Waals surface area contributed by atoms with E-state index in [1.165, 1.54) is 5.56 Å². The molecule has 1 N–H and O–H groups in total. The highest BCUT2D eigenvalue weighted by atomic mass is 35.5. The standard InChI is InChI=1S/C25H23ClN2O2S/c1-17-7-12-21(15-22(17)26)27-24(30)19-8-10-20(11-9-19)25-28(23(29)16-31-25)14-13-18-5-3-2-4-6-18/h2-12,15,25H,13-14,16H2,1H3,(H,27,30)/t25-/m0/s1. The smallest absolute Gasteiger partial charge is 0.255 e. The second-order valence-electron chi connectivity index (χ2n) is 7.53. The summed E-state index contributed by atoms with van der Waals surface area (Å²) < 4.78 is 0. The molecule has 4 nitrogen and oxygen atoms in total. The van der Waals surface area contributed by atoms with Gasteiger partial charge in [-0.15, -0.1) is 11.8 Å². The molecular weight excluding hydrogens is 428 g/mol. The Hall–Kier alpha value is -2.76. The first kappa shape index (κ1) is 21.5. The Labute approximate surface area is 191 Å².